The monoisotopic (exact) mass is 334 g/mol. The predicted octanol–water partition coefficient (Wildman–Crippen LogP) is 3.38. The summed E-state index contributed by atoms with van der Waals surface area (Å²) in [6.07, 6.45) is 1.65. The normalized spacial score (nSPS) is 19.0. The average molecular weight is 334 g/mol. The summed E-state index contributed by atoms with van der Waals surface area (Å²) in [6, 6.07) is 7.95. The van der Waals surface area contributed by atoms with Crippen molar-refractivity contribution in [2.24, 2.45) is 0 Å². The number of rotatable bonds is 5. The van der Waals surface area contributed by atoms with Crippen molar-refractivity contribution in [3.05, 3.63) is 29.8 Å². The molecule has 0 unspecified atom stereocenters. The lowest BCUT2D eigenvalue weighted by Crippen LogP contribution is -2.45. The summed E-state index contributed by atoms with van der Waals surface area (Å²) in [5, 5.41) is 3.60. The summed E-state index contributed by atoms with van der Waals surface area (Å²) in [5.74, 6) is -0.0730. The van der Waals surface area contributed by atoms with E-state index in [9.17, 15) is 9.59 Å². The number of hydrogen-bond donors (Lipinski definition) is 1. The Balaban J connectivity index is 1.96. The second kappa shape index (κ2) is 7.86. The van der Waals surface area contributed by atoms with E-state index in [0.717, 1.165) is 18.4 Å². The second-order valence-corrected chi connectivity index (χ2v) is 7.99. The third-order valence-corrected chi connectivity index (χ3v) is 5.09. The Morgan fingerprint density at radius 1 is 1.22 bits per heavy atom. The van der Waals surface area contributed by atoms with Crippen LogP contribution in [0.15, 0.2) is 29.2 Å². The highest BCUT2D eigenvalue weighted by atomic mass is 32.2. The van der Waals surface area contributed by atoms with Gasteiger partial charge in [0.05, 0.1) is 6.04 Å². The molecule has 126 valence electrons. The Labute approximate surface area is 143 Å². The van der Waals surface area contributed by atoms with Gasteiger partial charge in [0.1, 0.15) is 6.04 Å². The van der Waals surface area contributed by atoms with Crippen molar-refractivity contribution in [2.45, 2.75) is 62.8 Å². The van der Waals surface area contributed by atoms with E-state index in [1.165, 1.54) is 11.8 Å². The van der Waals surface area contributed by atoms with E-state index < -0.39 is 0 Å². The number of likely N-dealkylation sites (tertiary alicyclic amines) is 1. The number of amides is 2. The second-order valence-electron chi connectivity index (χ2n) is 6.34. The highest BCUT2D eigenvalue weighted by Crippen LogP contribution is 2.25. The van der Waals surface area contributed by atoms with Crippen molar-refractivity contribution in [1.29, 1.82) is 0 Å². The fraction of sp³-hybridized carbons (Fsp3) is 0.556. The molecule has 2 amide bonds. The minimum Gasteiger partial charge on any atom is -0.348 e. The topological polar surface area (TPSA) is 49.4 Å². The van der Waals surface area contributed by atoms with Gasteiger partial charge in [0.15, 0.2) is 0 Å². The summed E-state index contributed by atoms with van der Waals surface area (Å²) < 4.78 is 0. The first-order valence-electron chi connectivity index (χ1n) is 8.22. The van der Waals surface area contributed by atoms with E-state index in [2.05, 4.69) is 43.4 Å². The number of benzene rings is 1. The Morgan fingerprint density at radius 3 is 2.43 bits per heavy atom. The lowest BCUT2D eigenvalue weighted by Gasteiger charge is -2.24. The first kappa shape index (κ1) is 17.9. The van der Waals surface area contributed by atoms with Crippen LogP contribution >= 0.6 is 11.8 Å². The van der Waals surface area contributed by atoms with Crippen LogP contribution in [0.1, 0.15) is 52.1 Å². The van der Waals surface area contributed by atoms with Gasteiger partial charge in [-0.25, -0.2) is 0 Å². The van der Waals surface area contributed by atoms with Crippen molar-refractivity contribution in [1.82, 2.24) is 10.2 Å². The minimum atomic E-state index is -0.314. The quantitative estimate of drug-likeness (QED) is 0.840. The molecule has 1 heterocycles. The van der Waals surface area contributed by atoms with Crippen LogP contribution in [-0.2, 0) is 9.59 Å². The van der Waals surface area contributed by atoms with Gasteiger partial charge in [0.2, 0.25) is 11.8 Å². The summed E-state index contributed by atoms with van der Waals surface area (Å²) >= 11 is 1.83. The molecule has 1 saturated heterocycles. The summed E-state index contributed by atoms with van der Waals surface area (Å²) in [4.78, 5) is 26.9. The van der Waals surface area contributed by atoms with E-state index in [0.29, 0.717) is 11.8 Å². The fourth-order valence-corrected chi connectivity index (χ4v) is 3.75. The highest BCUT2D eigenvalue weighted by Gasteiger charge is 2.32. The molecule has 2 rings (SSSR count). The van der Waals surface area contributed by atoms with Gasteiger partial charge in [-0.3, -0.25) is 9.59 Å². The number of carbonyl (C=O) groups excluding carboxylic acids is 2. The molecule has 0 aliphatic carbocycles. The summed E-state index contributed by atoms with van der Waals surface area (Å²) in [5.41, 5.74) is 1.08. The van der Waals surface area contributed by atoms with Gasteiger partial charge in [-0.15, -0.1) is 11.8 Å². The molecule has 1 aliphatic heterocycles. The number of thioether (sulfide) groups is 1. The molecule has 5 heteroatoms. The number of nitrogens with zero attached hydrogens (tertiary/aromatic N) is 1. The Morgan fingerprint density at radius 2 is 1.87 bits per heavy atom. The standard InChI is InChI=1S/C18H26N2O2S/c1-12(2)23-16-9-7-15(8-10-16)13(3)19-18(22)17-6-5-11-20(17)14(4)21/h7-10,12-13,17H,5-6,11H2,1-4H3,(H,19,22)/t13-,17+/m1/s1. The predicted molar refractivity (Wildman–Crippen MR) is 94.4 cm³/mol. The van der Waals surface area contributed by atoms with Gasteiger partial charge in [0.25, 0.3) is 0 Å². The molecule has 0 radical (unpaired) electrons. The van der Waals surface area contributed by atoms with E-state index >= 15 is 0 Å². The van der Waals surface area contributed by atoms with E-state index in [1.54, 1.807) is 4.90 Å². The SMILES string of the molecule is CC(=O)N1CCC[C@H]1C(=O)N[C@H](C)c1ccc(SC(C)C)cc1. The van der Waals surface area contributed by atoms with Gasteiger partial charge < -0.3 is 10.2 Å². The van der Waals surface area contributed by atoms with Crippen molar-refractivity contribution in [3.8, 4) is 0 Å². The molecule has 0 bridgehead atoms. The molecule has 0 saturated carbocycles. The van der Waals surface area contributed by atoms with Crippen molar-refractivity contribution in [2.75, 3.05) is 6.54 Å². The first-order valence-corrected chi connectivity index (χ1v) is 9.10. The van der Waals surface area contributed by atoms with Crippen LogP contribution < -0.4 is 5.32 Å². The van der Waals surface area contributed by atoms with Gasteiger partial charge in [-0.2, -0.15) is 0 Å². The average Bonchev–Trinajstić information content (AvgIpc) is 2.97. The molecule has 4 nitrogen and oxygen atoms in total. The Kier molecular flexibility index (Phi) is 6.10. The molecule has 1 aromatic carbocycles. The third-order valence-electron chi connectivity index (χ3n) is 4.07. The maximum atomic E-state index is 12.4. The van der Waals surface area contributed by atoms with Crippen LogP contribution in [0.3, 0.4) is 0 Å². The Hall–Kier alpha value is -1.49. The molecule has 23 heavy (non-hydrogen) atoms. The summed E-state index contributed by atoms with van der Waals surface area (Å²) in [7, 11) is 0. The molecular weight excluding hydrogens is 308 g/mol. The van der Waals surface area contributed by atoms with Crippen LogP contribution in [0.5, 0.6) is 0 Å². The lowest BCUT2D eigenvalue weighted by atomic mass is 10.1. The van der Waals surface area contributed by atoms with Crippen LogP contribution in [0.2, 0.25) is 0 Å². The zero-order valence-corrected chi connectivity index (χ0v) is 15.2. The number of nitrogens with one attached hydrogen (secondary N) is 1. The largest absolute Gasteiger partial charge is 0.348 e. The zero-order valence-electron chi connectivity index (χ0n) is 14.3. The van der Waals surface area contributed by atoms with Gasteiger partial charge in [0, 0.05) is 23.6 Å². The number of hydrogen-bond acceptors (Lipinski definition) is 3. The molecule has 1 N–H and O–H groups in total. The minimum absolute atomic E-state index is 0.0228. The van der Waals surface area contributed by atoms with Crippen molar-refractivity contribution < 1.29 is 9.59 Å². The third kappa shape index (κ3) is 4.74. The smallest absolute Gasteiger partial charge is 0.243 e. The molecule has 2 atom stereocenters. The van der Waals surface area contributed by atoms with Gasteiger partial charge in [-0.05, 0) is 37.5 Å². The van der Waals surface area contributed by atoms with Crippen molar-refractivity contribution >= 4 is 23.6 Å². The van der Waals surface area contributed by atoms with Crippen molar-refractivity contribution in [3.63, 3.8) is 0 Å². The van der Waals surface area contributed by atoms with E-state index in [1.807, 2.05) is 18.7 Å². The summed E-state index contributed by atoms with van der Waals surface area (Å²) in [6.45, 7) is 8.53. The van der Waals surface area contributed by atoms with Gasteiger partial charge >= 0.3 is 0 Å². The van der Waals surface area contributed by atoms with Crippen LogP contribution in [0.25, 0.3) is 0 Å². The molecule has 1 fully saturated rings. The lowest BCUT2D eigenvalue weighted by molar-refractivity contribution is -0.137. The molecule has 1 aromatic rings. The zero-order chi connectivity index (χ0) is 17.0. The Bertz CT molecular complexity index is 557. The maximum absolute atomic E-state index is 12.4. The first-order chi connectivity index (χ1) is 10.9. The van der Waals surface area contributed by atoms with E-state index in [-0.39, 0.29) is 23.9 Å². The molecule has 1 aliphatic rings. The van der Waals surface area contributed by atoms with Crippen LogP contribution in [0.4, 0.5) is 0 Å². The molecular formula is C18H26N2O2S. The number of carbonyl (C=O) groups is 2. The molecule has 0 aromatic heterocycles. The van der Waals surface area contributed by atoms with Crippen LogP contribution in [0, 0.1) is 0 Å². The maximum Gasteiger partial charge on any atom is 0.243 e. The molecule has 0 spiro atoms. The highest BCUT2D eigenvalue weighted by molar-refractivity contribution is 7.99. The van der Waals surface area contributed by atoms with Crippen LogP contribution in [-0.4, -0.2) is 34.6 Å². The van der Waals surface area contributed by atoms with Gasteiger partial charge in [-0.1, -0.05) is 26.0 Å². The van der Waals surface area contributed by atoms with E-state index in [4.69, 9.17) is 0 Å². The fourth-order valence-electron chi connectivity index (χ4n) is 2.92.